The molecule has 2 N–H and O–H groups in total. The van der Waals surface area contributed by atoms with Crippen molar-refractivity contribution >= 4 is 30.9 Å². The predicted octanol–water partition coefficient (Wildman–Crippen LogP) is 3.81. The molecule has 3 aromatic rings. The van der Waals surface area contributed by atoms with Gasteiger partial charge in [0.25, 0.3) is 5.56 Å². The average Bonchev–Trinajstić information content (AvgIpc) is 3.22. The maximum absolute atomic E-state index is 13.5. The molecule has 36 heavy (non-hydrogen) atoms. The zero-order chi connectivity index (χ0) is 25.8. The first-order chi connectivity index (χ1) is 17.1. The van der Waals surface area contributed by atoms with E-state index in [0.29, 0.717) is 35.1 Å². The van der Waals surface area contributed by atoms with Crippen LogP contribution in [-0.2, 0) is 39.5 Å². The van der Waals surface area contributed by atoms with Crippen molar-refractivity contribution in [1.82, 2.24) is 9.55 Å². The summed E-state index contributed by atoms with van der Waals surface area (Å²) in [5.74, 6) is -1.50. The fourth-order valence-corrected chi connectivity index (χ4v) is 7.50. The van der Waals surface area contributed by atoms with Crippen molar-refractivity contribution in [2.45, 2.75) is 70.1 Å². The highest BCUT2D eigenvalue weighted by Crippen LogP contribution is 2.40. The van der Waals surface area contributed by atoms with Crippen molar-refractivity contribution in [1.29, 1.82) is 0 Å². The number of nitrogens with zero attached hydrogens (tertiary/aromatic N) is 2. The van der Waals surface area contributed by atoms with Crippen LogP contribution in [0.4, 0.5) is 0 Å². The van der Waals surface area contributed by atoms with E-state index in [0.717, 1.165) is 34.5 Å². The Kier molecular flexibility index (Phi) is 5.87. The van der Waals surface area contributed by atoms with Crippen molar-refractivity contribution in [3.8, 4) is 11.4 Å². The van der Waals surface area contributed by atoms with Gasteiger partial charge in [-0.05, 0) is 36.6 Å². The smallest absolute Gasteiger partial charge is 0.343 e. The highest BCUT2D eigenvalue weighted by molar-refractivity contribution is 6.77. The highest BCUT2D eigenvalue weighted by Gasteiger charge is 2.45. The van der Waals surface area contributed by atoms with E-state index in [2.05, 4.69) is 13.1 Å². The Labute approximate surface area is 209 Å². The lowest BCUT2D eigenvalue weighted by molar-refractivity contribution is -0.172. The highest BCUT2D eigenvalue weighted by atomic mass is 28.3. The summed E-state index contributed by atoms with van der Waals surface area (Å²) in [7, 11) is -1.77. The number of rotatable bonds is 7. The molecule has 1 aromatic carbocycles. The molecule has 9 heteroatoms. The maximum Gasteiger partial charge on any atom is 0.343 e. The van der Waals surface area contributed by atoms with Gasteiger partial charge in [-0.1, -0.05) is 44.3 Å². The van der Waals surface area contributed by atoms with E-state index in [9.17, 15) is 19.5 Å². The lowest BCUT2D eigenvalue weighted by atomic mass is 9.86. The predicted molar refractivity (Wildman–Crippen MR) is 138 cm³/mol. The zero-order valence-electron chi connectivity index (χ0n) is 20.8. The molecule has 0 fully saturated rings. The Morgan fingerprint density at radius 2 is 1.94 bits per heavy atom. The van der Waals surface area contributed by atoms with Gasteiger partial charge in [0.1, 0.15) is 6.61 Å². The molecule has 4 heterocycles. The first-order valence-electron chi connectivity index (χ1n) is 12.3. The number of carbonyl (C=O) groups excluding carboxylic acids is 1. The average molecular weight is 507 g/mol. The summed E-state index contributed by atoms with van der Waals surface area (Å²) in [6.45, 7) is 6.33. The SMILES string of the molecule is CC[C@@]1(O)C(=O)OCc2c1cc1n(c2=O)Cc2c-1nc1ccccc1c2CC[Si](C)(C)CCC(=O)O. The molecule has 0 unspecified atom stereocenters. The number of ether oxygens (including phenoxy) is 1. The van der Waals surface area contributed by atoms with Crippen molar-refractivity contribution in [3.63, 3.8) is 0 Å². The van der Waals surface area contributed by atoms with Crippen LogP contribution in [0.2, 0.25) is 25.2 Å². The zero-order valence-corrected chi connectivity index (χ0v) is 21.8. The summed E-state index contributed by atoms with van der Waals surface area (Å²) in [4.78, 5) is 42.0. The van der Waals surface area contributed by atoms with Crippen LogP contribution in [0.15, 0.2) is 35.1 Å². The third kappa shape index (κ3) is 3.86. The molecule has 0 bridgehead atoms. The Morgan fingerprint density at radius 1 is 1.19 bits per heavy atom. The van der Waals surface area contributed by atoms with Gasteiger partial charge in [0, 0.05) is 31.0 Å². The van der Waals surface area contributed by atoms with Gasteiger partial charge in [-0.15, -0.1) is 0 Å². The first kappa shape index (κ1) is 24.4. The first-order valence-corrected chi connectivity index (χ1v) is 15.8. The quantitative estimate of drug-likeness (QED) is 0.289. The second-order valence-electron chi connectivity index (χ2n) is 10.6. The molecule has 0 spiro atoms. The molecule has 0 radical (unpaired) electrons. The number of carboxylic acid groups (broad SMARTS) is 1. The van der Waals surface area contributed by atoms with E-state index in [1.807, 2.05) is 24.3 Å². The molecule has 0 amide bonds. The summed E-state index contributed by atoms with van der Waals surface area (Å²) in [5, 5.41) is 21.3. The summed E-state index contributed by atoms with van der Waals surface area (Å²) in [5.41, 5.74) is 2.72. The van der Waals surface area contributed by atoms with Crippen molar-refractivity contribution in [2.75, 3.05) is 0 Å². The van der Waals surface area contributed by atoms with Gasteiger partial charge in [0.15, 0.2) is 5.60 Å². The van der Waals surface area contributed by atoms with Crippen LogP contribution in [0.5, 0.6) is 0 Å². The van der Waals surface area contributed by atoms with E-state index in [1.165, 1.54) is 0 Å². The molecule has 8 nitrogen and oxygen atoms in total. The molecule has 2 aromatic heterocycles. The minimum atomic E-state index is -1.86. The summed E-state index contributed by atoms with van der Waals surface area (Å²) in [6, 6.07) is 11.3. The normalized spacial score (nSPS) is 18.5. The molecular weight excluding hydrogens is 476 g/mol. The number of aliphatic carboxylic acids is 1. The van der Waals surface area contributed by atoms with Crippen LogP contribution in [0.25, 0.3) is 22.3 Å². The van der Waals surface area contributed by atoms with Crippen molar-refractivity contribution in [2.24, 2.45) is 0 Å². The Morgan fingerprint density at radius 3 is 2.67 bits per heavy atom. The second kappa shape index (κ2) is 8.67. The van der Waals surface area contributed by atoms with E-state index in [1.54, 1.807) is 17.6 Å². The number of para-hydroxylation sites is 1. The van der Waals surface area contributed by atoms with Crippen molar-refractivity contribution < 1.29 is 24.5 Å². The molecule has 5 rings (SSSR count). The fourth-order valence-electron chi connectivity index (χ4n) is 5.43. The monoisotopic (exact) mass is 506 g/mol. The van der Waals surface area contributed by atoms with Gasteiger partial charge < -0.3 is 19.5 Å². The molecule has 188 valence electrons. The topological polar surface area (TPSA) is 119 Å². The molecule has 0 saturated heterocycles. The third-order valence-corrected chi connectivity index (χ3v) is 11.0. The summed E-state index contributed by atoms with van der Waals surface area (Å²) >= 11 is 0. The number of benzene rings is 1. The van der Waals surface area contributed by atoms with Crippen LogP contribution in [-0.4, -0.2) is 39.8 Å². The standard InChI is InChI=1S/C27H30N2O6Si/c1-4-27(34)20-13-22-24-18(14-29(22)25(32)19(20)15-35-26(27)33)16(17-7-5-6-8-21(17)28-24)9-11-36(2,3)12-10-23(30)31/h5-8,13,34H,4,9-12,14-15H2,1-3H3,(H,30,31)/t27-/m0/s1. The van der Waals surface area contributed by atoms with Crippen LogP contribution < -0.4 is 5.56 Å². The van der Waals surface area contributed by atoms with Crippen LogP contribution in [0.1, 0.15) is 42.0 Å². The number of carbonyl (C=O) groups is 2. The summed E-state index contributed by atoms with van der Waals surface area (Å²) < 4.78 is 6.84. The Bertz CT molecular complexity index is 1480. The van der Waals surface area contributed by atoms with E-state index in [4.69, 9.17) is 14.8 Å². The molecule has 0 aliphatic carbocycles. The van der Waals surface area contributed by atoms with Gasteiger partial charge >= 0.3 is 11.9 Å². The van der Waals surface area contributed by atoms with E-state index in [-0.39, 0.29) is 25.0 Å². The van der Waals surface area contributed by atoms with Gasteiger partial charge in [-0.3, -0.25) is 9.59 Å². The van der Waals surface area contributed by atoms with Crippen LogP contribution >= 0.6 is 0 Å². The number of esters is 1. The fraction of sp³-hybridized carbons (Fsp3) is 0.407. The largest absolute Gasteiger partial charge is 0.481 e. The van der Waals surface area contributed by atoms with Gasteiger partial charge in [0.05, 0.1) is 29.0 Å². The number of aromatic nitrogens is 2. The number of aliphatic hydroxyl groups is 1. The van der Waals surface area contributed by atoms with Gasteiger partial charge in [-0.25, -0.2) is 9.78 Å². The van der Waals surface area contributed by atoms with Crippen LogP contribution in [0, 0.1) is 0 Å². The lowest BCUT2D eigenvalue weighted by Gasteiger charge is -2.31. The van der Waals surface area contributed by atoms with E-state index >= 15 is 0 Å². The number of cyclic esters (lactones) is 1. The van der Waals surface area contributed by atoms with E-state index < -0.39 is 25.6 Å². The Hall–Kier alpha value is -3.30. The van der Waals surface area contributed by atoms with Gasteiger partial charge in [0.2, 0.25) is 0 Å². The number of hydrogen-bond donors (Lipinski definition) is 2. The number of carboxylic acids is 1. The number of aryl methyl sites for hydroxylation is 1. The number of pyridine rings is 2. The molecule has 0 saturated carbocycles. The van der Waals surface area contributed by atoms with Gasteiger partial charge in [-0.2, -0.15) is 0 Å². The molecule has 1 atom stereocenters. The summed E-state index contributed by atoms with van der Waals surface area (Å²) in [6.07, 6.45) is 1.05. The maximum atomic E-state index is 13.5. The van der Waals surface area contributed by atoms with Crippen molar-refractivity contribution in [3.05, 3.63) is 62.9 Å². The molecule has 2 aliphatic heterocycles. The number of hydrogen-bond acceptors (Lipinski definition) is 6. The minimum absolute atomic E-state index is 0.0983. The minimum Gasteiger partial charge on any atom is -0.481 e. The molecule has 2 aliphatic rings. The number of fused-ring (bicyclic) bond motifs is 5. The lowest BCUT2D eigenvalue weighted by Crippen LogP contribution is -2.44. The second-order valence-corrected chi connectivity index (χ2v) is 15.9. The molecular formula is C27H30N2O6Si. The third-order valence-electron chi connectivity index (χ3n) is 7.78. The Balaban J connectivity index is 1.64. The van der Waals surface area contributed by atoms with Crippen LogP contribution in [0.3, 0.4) is 0 Å².